The Kier molecular flexibility index (Phi) is 5.64. The first-order chi connectivity index (χ1) is 13.7. The Morgan fingerprint density at radius 1 is 1.24 bits per heavy atom. The number of aliphatic carboxylic acids is 1. The standard InChI is InChI=1S/C21H27N3O5/c1-13(2)18(20(28)29)22-16(25)9-6-12-23-19(27)14-7-4-5-8-15(14)24-17(26)10-11-21(23,24)3/h4-5,7-8,13,18H,6,9-12H2,1-3H3,(H,22,25)(H,28,29)/t18-,21?/m0/s1. The summed E-state index contributed by atoms with van der Waals surface area (Å²) >= 11 is 0. The maximum Gasteiger partial charge on any atom is 0.326 e. The highest BCUT2D eigenvalue weighted by molar-refractivity contribution is 6.10. The minimum absolute atomic E-state index is 0.0172. The van der Waals surface area contributed by atoms with Gasteiger partial charge in [-0.2, -0.15) is 0 Å². The van der Waals surface area contributed by atoms with Crippen molar-refractivity contribution in [1.29, 1.82) is 0 Å². The predicted octanol–water partition coefficient (Wildman–Crippen LogP) is 1.99. The van der Waals surface area contributed by atoms with E-state index in [0.717, 1.165) is 0 Å². The van der Waals surface area contributed by atoms with Gasteiger partial charge in [-0.3, -0.25) is 19.3 Å². The lowest BCUT2D eigenvalue weighted by Gasteiger charge is -2.48. The lowest BCUT2D eigenvalue weighted by Crippen LogP contribution is -2.62. The van der Waals surface area contributed by atoms with Crippen LogP contribution >= 0.6 is 0 Å². The summed E-state index contributed by atoms with van der Waals surface area (Å²) in [6.45, 7) is 5.65. The van der Waals surface area contributed by atoms with Crippen molar-refractivity contribution >= 4 is 29.4 Å². The van der Waals surface area contributed by atoms with Crippen LogP contribution in [0, 0.1) is 5.92 Å². The molecular weight excluding hydrogens is 374 g/mol. The third-order valence-electron chi connectivity index (χ3n) is 5.78. The topological polar surface area (TPSA) is 107 Å². The van der Waals surface area contributed by atoms with Crippen LogP contribution in [0.15, 0.2) is 24.3 Å². The summed E-state index contributed by atoms with van der Waals surface area (Å²) in [6.07, 6.45) is 1.38. The van der Waals surface area contributed by atoms with Crippen molar-refractivity contribution in [2.75, 3.05) is 11.4 Å². The summed E-state index contributed by atoms with van der Waals surface area (Å²) in [4.78, 5) is 52.5. The van der Waals surface area contributed by atoms with Crippen LogP contribution in [-0.4, -0.2) is 51.9 Å². The highest BCUT2D eigenvalue weighted by atomic mass is 16.4. The third-order valence-corrected chi connectivity index (χ3v) is 5.78. The molecule has 8 nitrogen and oxygen atoms in total. The molecule has 0 radical (unpaired) electrons. The van der Waals surface area contributed by atoms with Crippen LogP contribution in [0.3, 0.4) is 0 Å². The van der Waals surface area contributed by atoms with Crippen LogP contribution in [0.25, 0.3) is 0 Å². The molecule has 0 aromatic heterocycles. The van der Waals surface area contributed by atoms with Gasteiger partial charge >= 0.3 is 5.97 Å². The Morgan fingerprint density at radius 3 is 2.59 bits per heavy atom. The molecular formula is C21H27N3O5. The molecule has 0 spiro atoms. The number of carboxylic acids is 1. The zero-order valence-corrected chi connectivity index (χ0v) is 17.0. The van der Waals surface area contributed by atoms with Gasteiger partial charge in [-0.05, 0) is 37.8 Å². The van der Waals surface area contributed by atoms with Gasteiger partial charge in [0, 0.05) is 19.4 Å². The van der Waals surface area contributed by atoms with Crippen molar-refractivity contribution in [3.63, 3.8) is 0 Å². The molecule has 3 rings (SSSR count). The smallest absolute Gasteiger partial charge is 0.326 e. The molecule has 3 amide bonds. The summed E-state index contributed by atoms with van der Waals surface area (Å²) in [5.74, 6) is -1.82. The lowest BCUT2D eigenvalue weighted by atomic mass is 9.97. The van der Waals surface area contributed by atoms with E-state index in [9.17, 15) is 24.3 Å². The van der Waals surface area contributed by atoms with E-state index in [-0.39, 0.29) is 30.1 Å². The van der Waals surface area contributed by atoms with E-state index < -0.39 is 17.7 Å². The van der Waals surface area contributed by atoms with E-state index in [2.05, 4.69) is 5.32 Å². The third kappa shape index (κ3) is 3.71. The maximum absolute atomic E-state index is 13.1. The number of anilines is 1. The quantitative estimate of drug-likeness (QED) is 0.727. The van der Waals surface area contributed by atoms with Gasteiger partial charge in [0.25, 0.3) is 5.91 Å². The molecule has 1 unspecified atom stereocenters. The molecule has 2 aliphatic heterocycles. The van der Waals surface area contributed by atoms with Crippen molar-refractivity contribution in [2.24, 2.45) is 5.92 Å². The number of rotatable bonds is 7. The number of hydrogen-bond acceptors (Lipinski definition) is 4. The molecule has 8 heteroatoms. The minimum atomic E-state index is -1.07. The van der Waals surface area contributed by atoms with Gasteiger partial charge < -0.3 is 15.3 Å². The molecule has 1 aromatic rings. The number of para-hydroxylation sites is 1. The number of benzene rings is 1. The Bertz CT molecular complexity index is 852. The lowest BCUT2D eigenvalue weighted by molar-refractivity contribution is -0.143. The number of amides is 3. The van der Waals surface area contributed by atoms with Crippen LogP contribution in [0.5, 0.6) is 0 Å². The molecule has 156 valence electrons. The van der Waals surface area contributed by atoms with E-state index in [1.165, 1.54) is 0 Å². The summed E-state index contributed by atoms with van der Waals surface area (Å²) in [5, 5.41) is 11.7. The fraction of sp³-hybridized carbons (Fsp3) is 0.524. The van der Waals surface area contributed by atoms with Gasteiger partial charge in [-0.25, -0.2) is 4.79 Å². The molecule has 1 aromatic carbocycles. The first-order valence-corrected chi connectivity index (χ1v) is 9.93. The van der Waals surface area contributed by atoms with Crippen LogP contribution < -0.4 is 10.2 Å². The predicted molar refractivity (Wildman–Crippen MR) is 106 cm³/mol. The van der Waals surface area contributed by atoms with Crippen molar-refractivity contribution in [1.82, 2.24) is 10.2 Å². The van der Waals surface area contributed by atoms with Gasteiger partial charge in [0.2, 0.25) is 11.8 Å². The average Bonchev–Trinajstić information content (AvgIpc) is 2.97. The summed E-state index contributed by atoms with van der Waals surface area (Å²) in [5.41, 5.74) is 0.369. The highest BCUT2D eigenvalue weighted by Gasteiger charge is 2.52. The zero-order chi connectivity index (χ0) is 21.3. The number of fused-ring (bicyclic) bond motifs is 3. The molecule has 2 atom stereocenters. The Labute approximate surface area is 169 Å². The molecule has 1 fully saturated rings. The van der Waals surface area contributed by atoms with E-state index in [1.807, 2.05) is 13.0 Å². The number of nitrogens with zero attached hydrogens (tertiary/aromatic N) is 2. The van der Waals surface area contributed by atoms with Gasteiger partial charge in [0.05, 0.1) is 11.3 Å². The highest BCUT2D eigenvalue weighted by Crippen LogP contribution is 2.43. The van der Waals surface area contributed by atoms with Crippen molar-refractivity contribution in [2.45, 2.75) is 58.2 Å². The Morgan fingerprint density at radius 2 is 1.93 bits per heavy atom. The SMILES string of the molecule is CC(C)[C@H](NC(=O)CCCN1C(=O)c2ccccc2N2C(=O)CCC12C)C(=O)O. The first-order valence-electron chi connectivity index (χ1n) is 9.93. The number of hydrogen-bond donors (Lipinski definition) is 2. The molecule has 2 heterocycles. The second kappa shape index (κ2) is 7.85. The van der Waals surface area contributed by atoms with Crippen molar-refractivity contribution < 1.29 is 24.3 Å². The molecule has 0 bridgehead atoms. The molecule has 2 aliphatic rings. The number of nitrogens with one attached hydrogen (secondary N) is 1. The molecule has 2 N–H and O–H groups in total. The number of carboxylic acid groups (broad SMARTS) is 1. The van der Waals surface area contributed by atoms with Crippen molar-refractivity contribution in [3.8, 4) is 0 Å². The van der Waals surface area contributed by atoms with E-state index in [4.69, 9.17) is 0 Å². The Balaban J connectivity index is 1.71. The Hall–Kier alpha value is -2.90. The summed E-state index contributed by atoms with van der Waals surface area (Å²) in [6, 6.07) is 6.14. The second-order valence-corrected chi connectivity index (χ2v) is 8.15. The molecule has 29 heavy (non-hydrogen) atoms. The first kappa shape index (κ1) is 20.8. The van der Waals surface area contributed by atoms with Crippen molar-refractivity contribution in [3.05, 3.63) is 29.8 Å². The van der Waals surface area contributed by atoms with Gasteiger partial charge in [0.15, 0.2) is 0 Å². The second-order valence-electron chi connectivity index (χ2n) is 8.15. The fourth-order valence-corrected chi connectivity index (χ4v) is 4.20. The van der Waals surface area contributed by atoms with Crippen LogP contribution in [-0.2, 0) is 14.4 Å². The van der Waals surface area contributed by atoms with E-state index in [1.54, 1.807) is 41.8 Å². The van der Waals surface area contributed by atoms with Gasteiger partial charge in [-0.1, -0.05) is 26.0 Å². The molecule has 0 saturated carbocycles. The number of carbonyl (C=O) groups is 4. The van der Waals surface area contributed by atoms with Crippen LogP contribution in [0.4, 0.5) is 5.69 Å². The number of carbonyl (C=O) groups excluding carboxylic acids is 3. The normalized spacial score (nSPS) is 21.8. The van der Waals surface area contributed by atoms with E-state index in [0.29, 0.717) is 37.1 Å². The minimum Gasteiger partial charge on any atom is -0.480 e. The van der Waals surface area contributed by atoms with Crippen LogP contribution in [0.1, 0.15) is 56.8 Å². The zero-order valence-electron chi connectivity index (χ0n) is 17.0. The molecule has 0 aliphatic carbocycles. The fourth-order valence-electron chi connectivity index (χ4n) is 4.20. The summed E-state index contributed by atoms with van der Waals surface area (Å²) in [7, 11) is 0. The molecule has 1 saturated heterocycles. The summed E-state index contributed by atoms with van der Waals surface area (Å²) < 4.78 is 0. The maximum atomic E-state index is 13.1. The van der Waals surface area contributed by atoms with Gasteiger partial charge in [-0.15, -0.1) is 0 Å². The van der Waals surface area contributed by atoms with Crippen LogP contribution in [0.2, 0.25) is 0 Å². The largest absolute Gasteiger partial charge is 0.480 e. The van der Waals surface area contributed by atoms with Gasteiger partial charge in [0.1, 0.15) is 11.7 Å². The van der Waals surface area contributed by atoms with E-state index >= 15 is 0 Å². The monoisotopic (exact) mass is 401 g/mol. The average molecular weight is 401 g/mol.